The number of aliphatic imine (C=N–C) groups is 1. The number of rotatable bonds is 3. The quantitative estimate of drug-likeness (QED) is 0.932. The minimum Gasteiger partial charge on any atom is -0.475 e. The van der Waals surface area contributed by atoms with E-state index in [9.17, 15) is 5.11 Å². The maximum Gasteiger partial charge on any atom is 0.217 e. The normalized spacial score (nSPS) is 30.2. The molecule has 1 saturated carbocycles. The van der Waals surface area contributed by atoms with Crippen LogP contribution in [0.1, 0.15) is 50.7 Å². The average Bonchev–Trinajstić information content (AvgIpc) is 2.88. The molecule has 1 heterocycles. The number of benzene rings is 1. The Bertz CT molecular complexity index is 599. The maximum atomic E-state index is 11.3. The fraction of sp³-hybridized carbons (Fsp3) is 0.632. The third-order valence-electron chi connectivity index (χ3n) is 5.14. The van der Waals surface area contributed by atoms with E-state index in [0.29, 0.717) is 18.5 Å². The molecule has 1 aliphatic carbocycles. The Labute approximate surface area is 139 Å². The highest BCUT2D eigenvalue weighted by Gasteiger charge is 2.38. The second-order valence-electron chi connectivity index (χ2n) is 7.79. The van der Waals surface area contributed by atoms with Gasteiger partial charge in [-0.3, -0.25) is 0 Å². The van der Waals surface area contributed by atoms with Crippen LogP contribution in [-0.4, -0.2) is 48.2 Å². The molecule has 1 N–H and O–H groups in total. The van der Waals surface area contributed by atoms with Crippen LogP contribution in [0.3, 0.4) is 0 Å². The minimum atomic E-state index is -0.776. The minimum absolute atomic E-state index is 0.187. The molecule has 3 rings (SSSR count). The molecule has 1 aromatic rings. The van der Waals surface area contributed by atoms with E-state index in [0.717, 1.165) is 36.8 Å². The molecule has 0 aromatic heterocycles. The fourth-order valence-corrected chi connectivity index (χ4v) is 3.66. The highest BCUT2D eigenvalue weighted by atomic mass is 16.5. The first-order valence-corrected chi connectivity index (χ1v) is 8.52. The molecule has 1 aromatic carbocycles. The molecule has 0 spiro atoms. The van der Waals surface area contributed by atoms with Crippen molar-refractivity contribution in [3.8, 4) is 0 Å². The molecule has 4 nitrogen and oxygen atoms in total. The molecule has 0 atom stereocenters. The van der Waals surface area contributed by atoms with Gasteiger partial charge in [0.1, 0.15) is 6.61 Å². The third kappa shape index (κ3) is 3.29. The van der Waals surface area contributed by atoms with Gasteiger partial charge in [0.05, 0.1) is 11.1 Å². The number of hydrogen-bond acceptors (Lipinski definition) is 4. The Kier molecular flexibility index (Phi) is 4.23. The summed E-state index contributed by atoms with van der Waals surface area (Å²) in [5.74, 6) is 0.675. The molecule has 23 heavy (non-hydrogen) atoms. The van der Waals surface area contributed by atoms with Crippen LogP contribution >= 0.6 is 0 Å². The predicted molar refractivity (Wildman–Crippen MR) is 92.8 cm³/mol. The molecule has 0 bridgehead atoms. The second kappa shape index (κ2) is 5.91. The highest BCUT2D eigenvalue weighted by molar-refractivity contribution is 5.97. The summed E-state index contributed by atoms with van der Waals surface area (Å²) in [7, 11) is 4.23. The van der Waals surface area contributed by atoms with Crippen molar-refractivity contribution in [2.45, 2.75) is 56.7 Å². The first-order chi connectivity index (χ1) is 10.8. The zero-order valence-electron chi connectivity index (χ0n) is 14.7. The number of aliphatic hydroxyl groups is 1. The summed E-state index contributed by atoms with van der Waals surface area (Å²) < 4.78 is 5.82. The second-order valence-corrected chi connectivity index (χ2v) is 7.79. The standard InChI is InChI=1S/C19H28N2O2/c1-18(2)13-23-17(20-18)15-7-5-6-8-16(15)19(22)11-9-14(10-12-19)21(3)4/h5-8,14,22H,9-13H2,1-4H3. The van der Waals surface area contributed by atoms with E-state index in [1.807, 2.05) is 24.3 Å². The van der Waals surface area contributed by atoms with Crippen LogP contribution in [-0.2, 0) is 10.3 Å². The van der Waals surface area contributed by atoms with Crippen molar-refractivity contribution < 1.29 is 9.84 Å². The van der Waals surface area contributed by atoms with Gasteiger partial charge in [-0.2, -0.15) is 0 Å². The summed E-state index contributed by atoms with van der Waals surface area (Å²) in [5, 5.41) is 11.3. The Hall–Kier alpha value is -1.39. The van der Waals surface area contributed by atoms with Crippen molar-refractivity contribution in [2.24, 2.45) is 4.99 Å². The zero-order chi connectivity index (χ0) is 16.7. The van der Waals surface area contributed by atoms with Gasteiger partial charge in [0.15, 0.2) is 0 Å². The van der Waals surface area contributed by atoms with Crippen LogP contribution in [0.25, 0.3) is 0 Å². The van der Waals surface area contributed by atoms with Crippen LogP contribution < -0.4 is 0 Å². The lowest BCUT2D eigenvalue weighted by molar-refractivity contribution is -0.0192. The van der Waals surface area contributed by atoms with Crippen molar-refractivity contribution >= 4 is 5.90 Å². The Morgan fingerprint density at radius 3 is 2.39 bits per heavy atom. The molecule has 4 heteroatoms. The van der Waals surface area contributed by atoms with Crippen LogP contribution in [0, 0.1) is 0 Å². The van der Waals surface area contributed by atoms with Gasteiger partial charge in [0.2, 0.25) is 5.90 Å². The smallest absolute Gasteiger partial charge is 0.217 e. The Morgan fingerprint density at radius 2 is 1.83 bits per heavy atom. The van der Waals surface area contributed by atoms with E-state index in [2.05, 4.69) is 32.8 Å². The van der Waals surface area contributed by atoms with E-state index in [1.54, 1.807) is 0 Å². The van der Waals surface area contributed by atoms with Gasteiger partial charge < -0.3 is 14.7 Å². The van der Waals surface area contributed by atoms with Gasteiger partial charge >= 0.3 is 0 Å². The highest BCUT2D eigenvalue weighted by Crippen LogP contribution is 2.40. The van der Waals surface area contributed by atoms with Crippen molar-refractivity contribution in [1.82, 2.24) is 4.90 Å². The number of hydrogen-bond donors (Lipinski definition) is 1. The molecular formula is C19H28N2O2. The van der Waals surface area contributed by atoms with E-state index in [-0.39, 0.29) is 5.54 Å². The van der Waals surface area contributed by atoms with E-state index in [4.69, 9.17) is 9.73 Å². The molecule has 0 unspecified atom stereocenters. The zero-order valence-corrected chi connectivity index (χ0v) is 14.7. The molecule has 126 valence electrons. The summed E-state index contributed by atoms with van der Waals surface area (Å²) >= 11 is 0. The van der Waals surface area contributed by atoms with Crippen LogP contribution in [0.2, 0.25) is 0 Å². The van der Waals surface area contributed by atoms with Gasteiger partial charge in [0.25, 0.3) is 0 Å². The molecule has 0 saturated heterocycles. The molecule has 1 fully saturated rings. The third-order valence-corrected chi connectivity index (χ3v) is 5.14. The summed E-state index contributed by atoms with van der Waals surface area (Å²) in [4.78, 5) is 6.96. The molecule has 2 aliphatic rings. The van der Waals surface area contributed by atoms with Crippen molar-refractivity contribution in [3.05, 3.63) is 35.4 Å². The van der Waals surface area contributed by atoms with Gasteiger partial charge in [-0.15, -0.1) is 0 Å². The predicted octanol–water partition coefficient (Wildman–Crippen LogP) is 2.93. The van der Waals surface area contributed by atoms with E-state index >= 15 is 0 Å². The van der Waals surface area contributed by atoms with Gasteiger partial charge in [-0.1, -0.05) is 18.2 Å². The lowest BCUT2D eigenvalue weighted by Gasteiger charge is -2.39. The summed E-state index contributed by atoms with van der Waals surface area (Å²) in [6.45, 7) is 4.73. The summed E-state index contributed by atoms with van der Waals surface area (Å²) in [6, 6.07) is 8.59. The van der Waals surface area contributed by atoms with Gasteiger partial charge in [0, 0.05) is 11.6 Å². The van der Waals surface area contributed by atoms with Crippen molar-refractivity contribution in [1.29, 1.82) is 0 Å². The largest absolute Gasteiger partial charge is 0.475 e. The van der Waals surface area contributed by atoms with Gasteiger partial charge in [-0.05, 0) is 65.3 Å². The van der Waals surface area contributed by atoms with Crippen molar-refractivity contribution in [2.75, 3.05) is 20.7 Å². The molecule has 1 aliphatic heterocycles. The molecular weight excluding hydrogens is 288 g/mol. The van der Waals surface area contributed by atoms with E-state index < -0.39 is 5.60 Å². The summed E-state index contributed by atoms with van der Waals surface area (Å²) in [5.41, 5.74) is 0.951. The topological polar surface area (TPSA) is 45.1 Å². The average molecular weight is 316 g/mol. The maximum absolute atomic E-state index is 11.3. The van der Waals surface area contributed by atoms with Gasteiger partial charge in [-0.25, -0.2) is 4.99 Å². The monoisotopic (exact) mass is 316 g/mol. The Morgan fingerprint density at radius 1 is 1.17 bits per heavy atom. The SMILES string of the molecule is CN(C)C1CCC(O)(c2ccccc2C2=NC(C)(C)CO2)CC1. The van der Waals surface area contributed by atoms with E-state index in [1.165, 1.54) is 0 Å². The first-order valence-electron chi connectivity index (χ1n) is 8.52. The van der Waals surface area contributed by atoms with Crippen LogP contribution in [0.5, 0.6) is 0 Å². The number of nitrogens with zero attached hydrogens (tertiary/aromatic N) is 2. The van der Waals surface area contributed by atoms with Crippen LogP contribution in [0.4, 0.5) is 0 Å². The first kappa shape index (κ1) is 16.5. The fourth-order valence-electron chi connectivity index (χ4n) is 3.66. The van der Waals surface area contributed by atoms with Crippen LogP contribution in [0.15, 0.2) is 29.3 Å². The molecule has 0 radical (unpaired) electrons. The number of ether oxygens (including phenoxy) is 1. The molecule has 0 amide bonds. The van der Waals surface area contributed by atoms with Crippen molar-refractivity contribution in [3.63, 3.8) is 0 Å². The Balaban J connectivity index is 1.90. The lowest BCUT2D eigenvalue weighted by atomic mass is 9.76. The lowest BCUT2D eigenvalue weighted by Crippen LogP contribution is -2.40. The summed E-state index contributed by atoms with van der Waals surface area (Å²) in [6.07, 6.45) is 3.58.